The number of carbonyl (C=O) groups is 3. The van der Waals surface area contributed by atoms with Crippen molar-refractivity contribution in [3.8, 4) is 0 Å². The number of methoxy groups -OCH3 is 1. The van der Waals surface area contributed by atoms with Crippen LogP contribution in [0.3, 0.4) is 0 Å². The molecule has 3 rings (SSSR count). The molecular weight excluding hydrogens is 383 g/mol. The summed E-state index contributed by atoms with van der Waals surface area (Å²) in [7, 11) is 1.45. The number of cyclic esters (lactones) is 1. The quantitative estimate of drug-likeness (QED) is 0.687. The van der Waals surface area contributed by atoms with E-state index in [4.69, 9.17) is 9.47 Å². The van der Waals surface area contributed by atoms with Crippen LogP contribution in [0, 0.1) is 5.82 Å². The van der Waals surface area contributed by atoms with Crippen LogP contribution >= 0.6 is 0 Å². The van der Waals surface area contributed by atoms with Crippen LogP contribution in [0.2, 0.25) is 0 Å². The summed E-state index contributed by atoms with van der Waals surface area (Å²) >= 11 is 0. The Morgan fingerprint density at radius 3 is 2.83 bits per heavy atom. The number of ether oxygens (including phenoxy) is 2. The zero-order valence-electron chi connectivity index (χ0n) is 16.4. The van der Waals surface area contributed by atoms with Gasteiger partial charge in [-0.3, -0.25) is 14.5 Å². The second kappa shape index (κ2) is 9.08. The number of hydrogen-bond acceptors (Lipinski definition) is 6. The van der Waals surface area contributed by atoms with Gasteiger partial charge in [-0.1, -0.05) is 0 Å². The third kappa shape index (κ3) is 5.14. The van der Waals surface area contributed by atoms with Crippen molar-refractivity contribution in [1.29, 1.82) is 0 Å². The van der Waals surface area contributed by atoms with Crippen molar-refractivity contribution in [2.45, 2.75) is 25.5 Å². The van der Waals surface area contributed by atoms with E-state index in [2.05, 4.69) is 10.6 Å². The third-order valence-electron chi connectivity index (χ3n) is 4.87. The lowest BCUT2D eigenvalue weighted by Crippen LogP contribution is -2.39. The van der Waals surface area contributed by atoms with Crippen LogP contribution in [0.25, 0.3) is 0 Å². The van der Waals surface area contributed by atoms with E-state index in [1.165, 1.54) is 25.0 Å². The van der Waals surface area contributed by atoms with Crippen LogP contribution in [0.15, 0.2) is 18.2 Å². The predicted molar refractivity (Wildman–Crippen MR) is 103 cm³/mol. The van der Waals surface area contributed by atoms with E-state index in [0.29, 0.717) is 30.9 Å². The molecule has 2 saturated heterocycles. The molecular formula is C19H25FN4O5. The van der Waals surface area contributed by atoms with Crippen molar-refractivity contribution in [2.24, 2.45) is 0 Å². The Labute approximate surface area is 168 Å². The lowest BCUT2D eigenvalue weighted by atomic mass is 10.2. The molecule has 2 heterocycles. The Morgan fingerprint density at radius 2 is 2.14 bits per heavy atom. The summed E-state index contributed by atoms with van der Waals surface area (Å²) in [6, 6.07) is 4.52. The van der Waals surface area contributed by atoms with Crippen LogP contribution in [0.1, 0.15) is 13.3 Å². The fraction of sp³-hybridized carbons (Fsp3) is 0.526. The molecule has 2 fully saturated rings. The molecule has 29 heavy (non-hydrogen) atoms. The summed E-state index contributed by atoms with van der Waals surface area (Å²) in [6.45, 7) is 2.93. The molecule has 2 aliphatic rings. The lowest BCUT2D eigenvalue weighted by molar-refractivity contribution is -0.125. The smallest absolute Gasteiger partial charge is 0.414 e. The van der Waals surface area contributed by atoms with Crippen molar-refractivity contribution in [3.63, 3.8) is 0 Å². The van der Waals surface area contributed by atoms with Gasteiger partial charge in [0.1, 0.15) is 18.5 Å². The summed E-state index contributed by atoms with van der Waals surface area (Å²) in [6.07, 6.45) is -0.348. The molecule has 0 aliphatic carbocycles. The predicted octanol–water partition coefficient (Wildman–Crippen LogP) is 0.628. The first-order valence-electron chi connectivity index (χ1n) is 9.42. The number of rotatable bonds is 7. The topological polar surface area (TPSA) is 100 Å². The minimum atomic E-state index is -0.574. The number of nitrogens with one attached hydrogen (secondary N) is 2. The summed E-state index contributed by atoms with van der Waals surface area (Å²) in [5.41, 5.74) is 0.810. The average Bonchev–Trinajstić information content (AvgIpc) is 3.26. The molecule has 3 amide bonds. The highest BCUT2D eigenvalue weighted by atomic mass is 19.1. The van der Waals surface area contributed by atoms with E-state index in [-0.39, 0.29) is 37.6 Å². The van der Waals surface area contributed by atoms with Crippen molar-refractivity contribution < 1.29 is 28.2 Å². The van der Waals surface area contributed by atoms with Crippen LogP contribution in [-0.4, -0.2) is 69.9 Å². The number of halogens is 1. The Bertz CT molecular complexity index is 790. The summed E-state index contributed by atoms with van der Waals surface area (Å²) < 4.78 is 24.8. The van der Waals surface area contributed by atoms with Crippen LogP contribution in [0.4, 0.5) is 20.6 Å². The van der Waals surface area contributed by atoms with E-state index in [0.717, 1.165) is 0 Å². The normalized spacial score (nSPS) is 21.3. The number of amides is 3. The van der Waals surface area contributed by atoms with Crippen molar-refractivity contribution >= 4 is 29.3 Å². The van der Waals surface area contributed by atoms with Gasteiger partial charge in [0.2, 0.25) is 11.8 Å². The number of nitrogens with zero attached hydrogens (tertiary/aromatic N) is 2. The maximum absolute atomic E-state index is 14.8. The highest BCUT2D eigenvalue weighted by Crippen LogP contribution is 2.29. The van der Waals surface area contributed by atoms with E-state index < -0.39 is 18.0 Å². The molecule has 10 heteroatoms. The van der Waals surface area contributed by atoms with E-state index in [1.807, 2.05) is 4.90 Å². The second-order valence-corrected chi connectivity index (χ2v) is 7.12. The SMILES string of the molecule is COCC(=O)NC1CCN(c2ccc(N3C[C@H](CNC(C)=O)OC3=O)cc2F)C1. The molecule has 0 radical (unpaired) electrons. The molecule has 0 spiro atoms. The largest absolute Gasteiger partial charge is 0.442 e. The number of carbonyl (C=O) groups excluding carboxylic acids is 3. The molecule has 2 N–H and O–H groups in total. The molecule has 0 bridgehead atoms. The monoisotopic (exact) mass is 408 g/mol. The number of benzene rings is 1. The third-order valence-corrected chi connectivity index (χ3v) is 4.87. The van der Waals surface area contributed by atoms with Crippen molar-refractivity contribution in [3.05, 3.63) is 24.0 Å². The maximum Gasteiger partial charge on any atom is 0.414 e. The number of hydrogen-bond donors (Lipinski definition) is 2. The minimum absolute atomic E-state index is 0.00553. The zero-order valence-corrected chi connectivity index (χ0v) is 16.4. The Hall–Kier alpha value is -2.88. The summed E-state index contributed by atoms with van der Waals surface area (Å²) in [4.78, 5) is 37.9. The molecule has 158 valence electrons. The second-order valence-electron chi connectivity index (χ2n) is 7.12. The van der Waals surface area contributed by atoms with Gasteiger partial charge in [0.05, 0.1) is 24.5 Å². The molecule has 0 aromatic heterocycles. The van der Waals surface area contributed by atoms with Crippen molar-refractivity contribution in [1.82, 2.24) is 10.6 Å². The standard InChI is InChI=1S/C19H25FN4O5/c1-12(25)21-8-15-10-24(19(27)29-15)14-3-4-17(16(20)7-14)23-6-5-13(9-23)22-18(26)11-28-2/h3-4,7,13,15H,5-6,8-11H2,1-2H3,(H,21,25)(H,22,26)/t13?,15-/m0/s1. The van der Waals surface area contributed by atoms with Gasteiger partial charge in [-0.2, -0.15) is 0 Å². The first-order chi connectivity index (χ1) is 13.9. The van der Waals surface area contributed by atoms with Crippen molar-refractivity contribution in [2.75, 3.05) is 49.7 Å². The van der Waals surface area contributed by atoms with Gasteiger partial charge >= 0.3 is 6.09 Å². The molecule has 0 saturated carbocycles. The molecule has 9 nitrogen and oxygen atoms in total. The van der Waals surface area contributed by atoms with Gasteiger partial charge in [-0.05, 0) is 24.6 Å². The first-order valence-corrected chi connectivity index (χ1v) is 9.42. The lowest BCUT2D eigenvalue weighted by Gasteiger charge is -2.21. The molecule has 1 aromatic rings. The average molecular weight is 408 g/mol. The highest BCUT2D eigenvalue weighted by molar-refractivity contribution is 5.90. The van der Waals surface area contributed by atoms with Crippen LogP contribution < -0.4 is 20.4 Å². The maximum atomic E-state index is 14.8. The van der Waals surface area contributed by atoms with Gasteiger partial charge < -0.3 is 25.0 Å². The molecule has 2 aliphatic heterocycles. The van der Waals surface area contributed by atoms with Crippen LogP contribution in [-0.2, 0) is 19.1 Å². The van der Waals surface area contributed by atoms with Gasteiger partial charge in [0, 0.05) is 33.2 Å². The molecule has 1 unspecified atom stereocenters. The summed E-state index contributed by atoms with van der Waals surface area (Å²) in [5.74, 6) is -0.863. The zero-order chi connectivity index (χ0) is 21.0. The number of anilines is 2. The van der Waals surface area contributed by atoms with E-state index in [1.54, 1.807) is 12.1 Å². The molecule has 1 aromatic carbocycles. The minimum Gasteiger partial charge on any atom is -0.442 e. The highest BCUT2D eigenvalue weighted by Gasteiger charge is 2.33. The van der Waals surface area contributed by atoms with Gasteiger partial charge in [-0.15, -0.1) is 0 Å². The van der Waals surface area contributed by atoms with Gasteiger partial charge in [-0.25, -0.2) is 9.18 Å². The van der Waals surface area contributed by atoms with E-state index in [9.17, 15) is 18.8 Å². The first kappa shape index (κ1) is 20.8. The fourth-order valence-electron chi connectivity index (χ4n) is 3.51. The van der Waals surface area contributed by atoms with Crippen LogP contribution in [0.5, 0.6) is 0 Å². The molecule has 2 atom stereocenters. The Morgan fingerprint density at radius 1 is 1.34 bits per heavy atom. The Balaban J connectivity index is 1.61. The fourth-order valence-corrected chi connectivity index (χ4v) is 3.51. The summed E-state index contributed by atoms with van der Waals surface area (Å²) in [5, 5.41) is 5.46. The van der Waals surface area contributed by atoms with Gasteiger partial charge in [0.15, 0.2) is 0 Å². The van der Waals surface area contributed by atoms with Gasteiger partial charge in [0.25, 0.3) is 0 Å². The van der Waals surface area contributed by atoms with E-state index >= 15 is 0 Å². The Kier molecular flexibility index (Phi) is 6.53.